The number of anilines is 1. The summed E-state index contributed by atoms with van der Waals surface area (Å²) in [6.45, 7) is 6.62. The maximum Gasteiger partial charge on any atom is 0.261 e. The summed E-state index contributed by atoms with van der Waals surface area (Å²) in [5, 5.41) is 0.737. The van der Waals surface area contributed by atoms with Gasteiger partial charge in [-0.25, -0.2) is 4.98 Å². The Balaban J connectivity index is 1.79. The number of piperidine rings is 1. The van der Waals surface area contributed by atoms with Gasteiger partial charge in [0.2, 0.25) is 0 Å². The van der Waals surface area contributed by atoms with Gasteiger partial charge in [-0.15, -0.1) is 0 Å². The van der Waals surface area contributed by atoms with Crippen molar-refractivity contribution in [2.45, 2.75) is 32.2 Å². The number of fused-ring (bicyclic) bond motifs is 5. The van der Waals surface area contributed by atoms with Crippen LogP contribution in [0.1, 0.15) is 25.6 Å². The number of benzene rings is 1. The lowest BCUT2D eigenvalue weighted by Crippen LogP contribution is -2.38. The largest absolute Gasteiger partial charge is 0.367 e. The normalized spacial score (nSPS) is 24.2. The van der Waals surface area contributed by atoms with E-state index in [1.165, 1.54) is 31.6 Å². The number of nitrogens with zero attached hydrogens (tertiary/aromatic N) is 4. The fourth-order valence-corrected chi connectivity index (χ4v) is 4.03. The minimum Gasteiger partial charge on any atom is -0.367 e. The SMILES string of the molecule is CCc1nc2ccc(N3CCN4CCC3CC4)cc2c(=O)n1C. The van der Waals surface area contributed by atoms with Gasteiger partial charge in [-0.2, -0.15) is 0 Å². The van der Waals surface area contributed by atoms with Gasteiger partial charge in [0.05, 0.1) is 10.9 Å². The summed E-state index contributed by atoms with van der Waals surface area (Å²) in [6.07, 6.45) is 3.22. The van der Waals surface area contributed by atoms with Crippen LogP contribution < -0.4 is 10.5 Å². The van der Waals surface area contributed by atoms with Gasteiger partial charge in [-0.05, 0) is 31.0 Å². The first-order valence-corrected chi connectivity index (χ1v) is 8.66. The van der Waals surface area contributed by atoms with E-state index in [1.54, 1.807) is 4.57 Å². The Morgan fingerprint density at radius 1 is 1.17 bits per heavy atom. The van der Waals surface area contributed by atoms with Crippen LogP contribution in [0, 0.1) is 0 Å². The molecule has 4 heterocycles. The van der Waals surface area contributed by atoms with Crippen LogP contribution in [-0.4, -0.2) is 46.7 Å². The average molecular weight is 312 g/mol. The summed E-state index contributed by atoms with van der Waals surface area (Å²) in [5.41, 5.74) is 2.06. The highest BCUT2D eigenvalue weighted by atomic mass is 16.1. The Morgan fingerprint density at radius 3 is 2.70 bits per heavy atom. The molecule has 0 aliphatic carbocycles. The number of rotatable bonds is 2. The minimum absolute atomic E-state index is 0.0663. The molecule has 1 aromatic carbocycles. The molecular formula is C18H24N4O. The summed E-state index contributed by atoms with van der Waals surface area (Å²) in [4.78, 5) is 22.4. The first-order chi connectivity index (χ1) is 11.2. The van der Waals surface area contributed by atoms with Crippen LogP contribution >= 0.6 is 0 Å². The predicted octanol–water partition coefficient (Wildman–Crippen LogP) is 1.78. The molecule has 3 aliphatic heterocycles. The molecule has 1 aromatic heterocycles. The fourth-order valence-electron chi connectivity index (χ4n) is 4.03. The third kappa shape index (κ3) is 2.43. The maximum atomic E-state index is 12.7. The summed E-state index contributed by atoms with van der Waals surface area (Å²) in [7, 11) is 1.82. The van der Waals surface area contributed by atoms with Crippen LogP contribution in [0.3, 0.4) is 0 Å². The highest BCUT2D eigenvalue weighted by molar-refractivity contribution is 5.82. The van der Waals surface area contributed by atoms with Crippen molar-refractivity contribution in [3.8, 4) is 0 Å². The van der Waals surface area contributed by atoms with E-state index in [1.807, 2.05) is 20.0 Å². The van der Waals surface area contributed by atoms with Crippen LogP contribution in [-0.2, 0) is 13.5 Å². The van der Waals surface area contributed by atoms with Crippen molar-refractivity contribution in [2.75, 3.05) is 31.1 Å². The number of aryl methyl sites for hydroxylation is 1. The molecule has 0 radical (unpaired) electrons. The lowest BCUT2D eigenvalue weighted by Gasteiger charge is -2.33. The molecule has 5 rings (SSSR count). The standard InChI is InChI=1S/C18H24N4O/c1-3-17-19-16-5-4-14(12-15(16)18(23)20(17)2)22-11-10-21-8-6-13(22)7-9-21/h4-5,12-13H,3,6-11H2,1-2H3. The Kier molecular flexibility index (Phi) is 3.60. The predicted molar refractivity (Wildman–Crippen MR) is 93.2 cm³/mol. The van der Waals surface area contributed by atoms with Crippen molar-refractivity contribution in [1.29, 1.82) is 0 Å². The van der Waals surface area contributed by atoms with Gasteiger partial charge in [-0.1, -0.05) is 6.92 Å². The number of aromatic nitrogens is 2. The molecule has 23 heavy (non-hydrogen) atoms. The van der Waals surface area contributed by atoms with E-state index in [0.717, 1.165) is 36.2 Å². The molecule has 0 unspecified atom stereocenters. The van der Waals surface area contributed by atoms with E-state index >= 15 is 0 Å². The molecule has 3 aliphatic rings. The molecular weight excluding hydrogens is 288 g/mol. The summed E-state index contributed by atoms with van der Waals surface area (Å²) in [5.74, 6) is 0.844. The Labute approximate surface area is 136 Å². The van der Waals surface area contributed by atoms with Gasteiger partial charge in [0.25, 0.3) is 5.56 Å². The van der Waals surface area contributed by atoms with Gasteiger partial charge in [0, 0.05) is 51.4 Å². The Bertz CT molecular complexity index is 789. The molecule has 0 atom stereocenters. The van der Waals surface area contributed by atoms with E-state index in [9.17, 15) is 4.79 Å². The van der Waals surface area contributed by atoms with E-state index in [0.29, 0.717) is 6.04 Å². The van der Waals surface area contributed by atoms with Gasteiger partial charge in [-0.3, -0.25) is 9.36 Å². The van der Waals surface area contributed by atoms with Gasteiger partial charge in [0.15, 0.2) is 0 Å². The zero-order valence-corrected chi connectivity index (χ0v) is 14.0. The van der Waals surface area contributed by atoms with E-state index in [-0.39, 0.29) is 5.56 Å². The topological polar surface area (TPSA) is 41.4 Å². The fraction of sp³-hybridized carbons (Fsp3) is 0.556. The molecule has 0 spiro atoms. The third-order valence-electron chi connectivity index (χ3n) is 5.45. The first-order valence-electron chi connectivity index (χ1n) is 8.66. The van der Waals surface area contributed by atoms with Crippen molar-refractivity contribution in [3.05, 3.63) is 34.4 Å². The average Bonchev–Trinajstić information content (AvgIpc) is 2.91. The summed E-state index contributed by atoms with van der Waals surface area (Å²) in [6, 6.07) is 6.82. The van der Waals surface area contributed by atoms with Crippen molar-refractivity contribution in [1.82, 2.24) is 14.5 Å². The molecule has 0 saturated carbocycles. The van der Waals surface area contributed by atoms with Crippen LogP contribution in [0.2, 0.25) is 0 Å². The second-order valence-corrected chi connectivity index (χ2v) is 6.71. The highest BCUT2D eigenvalue weighted by Crippen LogP contribution is 2.28. The number of hydrogen-bond donors (Lipinski definition) is 0. The minimum atomic E-state index is 0.0663. The Morgan fingerprint density at radius 2 is 1.96 bits per heavy atom. The van der Waals surface area contributed by atoms with Crippen LogP contribution in [0.15, 0.2) is 23.0 Å². The van der Waals surface area contributed by atoms with Crippen LogP contribution in [0.5, 0.6) is 0 Å². The van der Waals surface area contributed by atoms with Crippen LogP contribution in [0.4, 0.5) is 5.69 Å². The van der Waals surface area contributed by atoms with Gasteiger partial charge >= 0.3 is 0 Å². The van der Waals surface area contributed by atoms with Crippen molar-refractivity contribution < 1.29 is 0 Å². The Hall–Kier alpha value is -1.88. The van der Waals surface area contributed by atoms with E-state index < -0.39 is 0 Å². The quantitative estimate of drug-likeness (QED) is 0.848. The highest BCUT2D eigenvalue weighted by Gasteiger charge is 2.29. The van der Waals surface area contributed by atoms with Gasteiger partial charge in [0.1, 0.15) is 5.82 Å². The second kappa shape index (κ2) is 5.64. The molecule has 0 N–H and O–H groups in total. The van der Waals surface area contributed by atoms with E-state index in [4.69, 9.17) is 0 Å². The molecule has 5 heteroatoms. The molecule has 122 valence electrons. The molecule has 5 nitrogen and oxygen atoms in total. The van der Waals surface area contributed by atoms with E-state index in [2.05, 4.69) is 26.9 Å². The molecule has 2 aromatic rings. The molecule has 3 saturated heterocycles. The van der Waals surface area contributed by atoms with Crippen LogP contribution in [0.25, 0.3) is 10.9 Å². The lowest BCUT2D eigenvalue weighted by molar-refractivity contribution is 0.250. The second-order valence-electron chi connectivity index (χ2n) is 6.71. The van der Waals surface area contributed by atoms with Crippen molar-refractivity contribution >= 4 is 16.6 Å². The van der Waals surface area contributed by atoms with Crippen molar-refractivity contribution in [3.63, 3.8) is 0 Å². The third-order valence-corrected chi connectivity index (χ3v) is 5.45. The lowest BCUT2D eigenvalue weighted by atomic mass is 10.0. The smallest absolute Gasteiger partial charge is 0.261 e. The zero-order valence-electron chi connectivity index (χ0n) is 14.0. The monoisotopic (exact) mass is 312 g/mol. The zero-order chi connectivity index (χ0) is 16.0. The summed E-state index contributed by atoms with van der Waals surface area (Å²) >= 11 is 0. The first kappa shape index (κ1) is 14.7. The molecule has 3 fully saturated rings. The van der Waals surface area contributed by atoms with Gasteiger partial charge < -0.3 is 9.80 Å². The van der Waals surface area contributed by atoms with Crippen molar-refractivity contribution in [2.24, 2.45) is 7.05 Å². The molecule has 2 bridgehead atoms. The maximum absolute atomic E-state index is 12.7. The summed E-state index contributed by atoms with van der Waals surface area (Å²) < 4.78 is 1.69. The molecule has 0 amide bonds. The number of hydrogen-bond acceptors (Lipinski definition) is 4.